The van der Waals surface area contributed by atoms with Crippen LogP contribution in [0.5, 0.6) is 0 Å². The number of hydrogen-bond donors (Lipinski definition) is 1. The lowest BCUT2D eigenvalue weighted by atomic mass is 9.89. The Labute approximate surface area is 148 Å². The van der Waals surface area contributed by atoms with E-state index in [-0.39, 0.29) is 24.9 Å². The molecule has 1 N–H and O–H groups in total. The highest BCUT2D eigenvalue weighted by atomic mass is 16.5. The SMILES string of the molecule is COCCNC(=O)COC(=O)CC(c1ccccc1)c1ccccc1. The third kappa shape index (κ3) is 6.39. The molecule has 1 amide bonds. The number of carbonyl (C=O) groups excluding carboxylic acids is 2. The maximum atomic E-state index is 12.2. The lowest BCUT2D eigenvalue weighted by Crippen LogP contribution is -2.31. The van der Waals surface area contributed by atoms with E-state index in [1.807, 2.05) is 60.7 Å². The summed E-state index contributed by atoms with van der Waals surface area (Å²) in [4.78, 5) is 23.8. The first-order chi connectivity index (χ1) is 12.2. The Morgan fingerprint density at radius 1 is 0.960 bits per heavy atom. The summed E-state index contributed by atoms with van der Waals surface area (Å²) in [5, 5.41) is 2.61. The number of benzene rings is 2. The van der Waals surface area contributed by atoms with E-state index in [1.165, 1.54) is 0 Å². The molecular weight excluding hydrogens is 318 g/mol. The lowest BCUT2D eigenvalue weighted by Gasteiger charge is -2.17. The van der Waals surface area contributed by atoms with Crippen LogP contribution in [0.1, 0.15) is 23.5 Å². The standard InChI is InChI=1S/C20H23NO4/c1-24-13-12-21-19(22)15-25-20(23)14-18(16-8-4-2-5-9-16)17-10-6-3-7-11-17/h2-11,18H,12-15H2,1H3,(H,21,22). The molecule has 0 aliphatic rings. The molecule has 5 nitrogen and oxygen atoms in total. The number of esters is 1. The van der Waals surface area contributed by atoms with Crippen LogP contribution in [0.25, 0.3) is 0 Å². The molecule has 2 aromatic carbocycles. The van der Waals surface area contributed by atoms with Crippen molar-refractivity contribution in [2.24, 2.45) is 0 Å². The second-order valence-corrected chi connectivity index (χ2v) is 5.58. The number of amides is 1. The average Bonchev–Trinajstić information content (AvgIpc) is 2.66. The Bertz CT molecular complexity index is 618. The highest BCUT2D eigenvalue weighted by molar-refractivity contribution is 5.80. The van der Waals surface area contributed by atoms with Gasteiger partial charge in [0.15, 0.2) is 6.61 Å². The van der Waals surface area contributed by atoms with E-state index in [0.29, 0.717) is 13.2 Å². The molecule has 25 heavy (non-hydrogen) atoms. The van der Waals surface area contributed by atoms with E-state index in [1.54, 1.807) is 7.11 Å². The second kappa shape index (κ2) is 10.3. The number of hydrogen-bond acceptors (Lipinski definition) is 4. The molecule has 0 aliphatic carbocycles. The number of nitrogens with one attached hydrogen (secondary N) is 1. The summed E-state index contributed by atoms with van der Waals surface area (Å²) in [6.45, 7) is 0.534. The van der Waals surface area contributed by atoms with Crippen molar-refractivity contribution in [2.75, 3.05) is 26.9 Å². The molecule has 132 valence electrons. The molecule has 0 unspecified atom stereocenters. The minimum Gasteiger partial charge on any atom is -0.456 e. The van der Waals surface area contributed by atoms with Crippen LogP contribution in [0.4, 0.5) is 0 Å². The Morgan fingerprint density at radius 3 is 2.04 bits per heavy atom. The Morgan fingerprint density at radius 2 is 1.52 bits per heavy atom. The highest BCUT2D eigenvalue weighted by Crippen LogP contribution is 2.28. The van der Waals surface area contributed by atoms with Gasteiger partial charge in [-0.15, -0.1) is 0 Å². The molecule has 0 saturated heterocycles. The molecule has 2 aromatic rings. The van der Waals surface area contributed by atoms with E-state index in [4.69, 9.17) is 9.47 Å². The van der Waals surface area contributed by atoms with Gasteiger partial charge in [0.25, 0.3) is 5.91 Å². The third-order valence-corrected chi connectivity index (χ3v) is 3.77. The van der Waals surface area contributed by atoms with Gasteiger partial charge in [-0.2, -0.15) is 0 Å². The second-order valence-electron chi connectivity index (χ2n) is 5.58. The van der Waals surface area contributed by atoms with Gasteiger partial charge in [-0.25, -0.2) is 0 Å². The predicted molar refractivity (Wildman–Crippen MR) is 95.2 cm³/mol. The maximum Gasteiger partial charge on any atom is 0.307 e. The quantitative estimate of drug-likeness (QED) is 0.562. The molecule has 0 atom stereocenters. The summed E-state index contributed by atoms with van der Waals surface area (Å²) in [5.74, 6) is -0.840. The molecular formula is C20H23NO4. The first kappa shape index (κ1) is 18.7. The van der Waals surface area contributed by atoms with Crippen LogP contribution in [-0.4, -0.2) is 38.7 Å². The molecule has 2 rings (SSSR count). The minimum absolute atomic E-state index is 0.105. The molecule has 0 aliphatic heterocycles. The summed E-state index contributed by atoms with van der Waals surface area (Å²) in [6, 6.07) is 19.6. The van der Waals surface area contributed by atoms with E-state index >= 15 is 0 Å². The van der Waals surface area contributed by atoms with Crippen LogP contribution >= 0.6 is 0 Å². The van der Waals surface area contributed by atoms with Crippen molar-refractivity contribution in [3.05, 3.63) is 71.8 Å². The van der Waals surface area contributed by atoms with Gasteiger partial charge >= 0.3 is 5.97 Å². The summed E-state index contributed by atoms with van der Waals surface area (Å²) >= 11 is 0. The van der Waals surface area contributed by atoms with Crippen molar-refractivity contribution >= 4 is 11.9 Å². The number of ether oxygens (including phenoxy) is 2. The third-order valence-electron chi connectivity index (χ3n) is 3.77. The summed E-state index contributed by atoms with van der Waals surface area (Å²) in [7, 11) is 1.56. The monoisotopic (exact) mass is 341 g/mol. The van der Waals surface area contributed by atoms with Crippen molar-refractivity contribution < 1.29 is 19.1 Å². The molecule has 0 spiro atoms. The van der Waals surface area contributed by atoms with Crippen LogP contribution in [0.15, 0.2) is 60.7 Å². The average molecular weight is 341 g/mol. The topological polar surface area (TPSA) is 64.6 Å². The molecule has 0 radical (unpaired) electrons. The van der Waals surface area contributed by atoms with Gasteiger partial charge in [-0.3, -0.25) is 9.59 Å². The fourth-order valence-corrected chi connectivity index (χ4v) is 2.51. The van der Waals surface area contributed by atoms with E-state index < -0.39 is 5.97 Å². The maximum absolute atomic E-state index is 12.2. The summed E-state index contributed by atoms with van der Waals surface area (Å²) < 4.78 is 9.96. The fraction of sp³-hybridized carbons (Fsp3) is 0.300. The Hall–Kier alpha value is -2.66. The van der Waals surface area contributed by atoms with Crippen LogP contribution in [0.2, 0.25) is 0 Å². The molecule has 5 heteroatoms. The van der Waals surface area contributed by atoms with Crippen molar-refractivity contribution in [3.63, 3.8) is 0 Å². The van der Waals surface area contributed by atoms with Crippen LogP contribution < -0.4 is 5.32 Å². The molecule has 0 fully saturated rings. The zero-order valence-corrected chi connectivity index (χ0v) is 14.3. The molecule has 0 heterocycles. The number of carbonyl (C=O) groups is 2. The smallest absolute Gasteiger partial charge is 0.307 e. The van der Waals surface area contributed by atoms with Gasteiger partial charge in [0, 0.05) is 19.6 Å². The highest BCUT2D eigenvalue weighted by Gasteiger charge is 2.19. The van der Waals surface area contributed by atoms with Gasteiger partial charge in [0.1, 0.15) is 0 Å². The molecule has 0 bridgehead atoms. The Balaban J connectivity index is 1.95. The summed E-state index contributed by atoms with van der Waals surface area (Å²) in [6.07, 6.45) is 0.180. The summed E-state index contributed by atoms with van der Waals surface area (Å²) in [5.41, 5.74) is 2.07. The zero-order chi connectivity index (χ0) is 17.9. The van der Waals surface area contributed by atoms with Crippen molar-refractivity contribution in [1.82, 2.24) is 5.32 Å². The van der Waals surface area contributed by atoms with Crippen LogP contribution in [-0.2, 0) is 19.1 Å². The van der Waals surface area contributed by atoms with E-state index in [9.17, 15) is 9.59 Å². The van der Waals surface area contributed by atoms with Gasteiger partial charge < -0.3 is 14.8 Å². The normalized spacial score (nSPS) is 10.5. The lowest BCUT2D eigenvalue weighted by molar-refractivity contribution is -0.148. The predicted octanol–water partition coefficient (Wildman–Crippen LogP) is 2.51. The first-order valence-electron chi connectivity index (χ1n) is 8.22. The van der Waals surface area contributed by atoms with Gasteiger partial charge in [0.05, 0.1) is 13.0 Å². The number of methoxy groups -OCH3 is 1. The van der Waals surface area contributed by atoms with Gasteiger partial charge in [0.2, 0.25) is 0 Å². The van der Waals surface area contributed by atoms with E-state index in [0.717, 1.165) is 11.1 Å². The van der Waals surface area contributed by atoms with Crippen molar-refractivity contribution in [1.29, 1.82) is 0 Å². The number of rotatable bonds is 9. The first-order valence-corrected chi connectivity index (χ1v) is 8.22. The van der Waals surface area contributed by atoms with Crippen LogP contribution in [0, 0.1) is 0 Å². The van der Waals surface area contributed by atoms with E-state index in [2.05, 4.69) is 5.32 Å². The minimum atomic E-state index is -0.403. The zero-order valence-electron chi connectivity index (χ0n) is 14.3. The van der Waals surface area contributed by atoms with Crippen LogP contribution in [0.3, 0.4) is 0 Å². The van der Waals surface area contributed by atoms with Gasteiger partial charge in [-0.1, -0.05) is 60.7 Å². The largest absolute Gasteiger partial charge is 0.456 e. The van der Waals surface area contributed by atoms with Crippen molar-refractivity contribution in [3.8, 4) is 0 Å². The molecule has 0 saturated carbocycles. The van der Waals surface area contributed by atoms with Gasteiger partial charge in [-0.05, 0) is 11.1 Å². The van der Waals surface area contributed by atoms with Crippen molar-refractivity contribution in [2.45, 2.75) is 12.3 Å². The Kier molecular flexibility index (Phi) is 7.66. The molecule has 0 aromatic heterocycles. The fourth-order valence-electron chi connectivity index (χ4n) is 2.51.